The Kier molecular flexibility index (Phi) is 4.55. The molecule has 0 aliphatic carbocycles. The summed E-state index contributed by atoms with van der Waals surface area (Å²) in [5, 5.41) is 1.13. The summed E-state index contributed by atoms with van der Waals surface area (Å²) in [6.45, 7) is 0. The second kappa shape index (κ2) is 5.96. The molecule has 0 fully saturated rings. The SMILES string of the molecule is COc1ccc(C(Br)c2ccc(Cl)c(Cl)c2)cc1. The molecule has 2 aromatic rings. The lowest BCUT2D eigenvalue weighted by Gasteiger charge is -2.12. The topological polar surface area (TPSA) is 9.23 Å². The highest BCUT2D eigenvalue weighted by atomic mass is 79.9. The highest BCUT2D eigenvalue weighted by Crippen LogP contribution is 2.34. The van der Waals surface area contributed by atoms with Crippen molar-refractivity contribution in [2.75, 3.05) is 7.11 Å². The highest BCUT2D eigenvalue weighted by molar-refractivity contribution is 9.09. The summed E-state index contributed by atoms with van der Waals surface area (Å²) in [5.74, 6) is 0.840. The summed E-state index contributed by atoms with van der Waals surface area (Å²) < 4.78 is 5.14. The van der Waals surface area contributed by atoms with Crippen LogP contribution in [0.5, 0.6) is 5.75 Å². The average molecular weight is 346 g/mol. The van der Waals surface area contributed by atoms with E-state index >= 15 is 0 Å². The molecule has 1 unspecified atom stereocenters. The third-order valence-corrected chi connectivity index (χ3v) is 4.44. The van der Waals surface area contributed by atoms with E-state index in [9.17, 15) is 0 Å². The number of hydrogen-bond donors (Lipinski definition) is 0. The van der Waals surface area contributed by atoms with E-state index in [1.54, 1.807) is 13.2 Å². The molecular formula is C14H11BrCl2O. The van der Waals surface area contributed by atoms with Gasteiger partial charge in [-0.05, 0) is 35.4 Å². The van der Waals surface area contributed by atoms with Crippen LogP contribution >= 0.6 is 39.1 Å². The molecule has 0 N–H and O–H groups in total. The lowest BCUT2D eigenvalue weighted by molar-refractivity contribution is 0.414. The number of rotatable bonds is 3. The van der Waals surface area contributed by atoms with Crippen LogP contribution in [0, 0.1) is 0 Å². The van der Waals surface area contributed by atoms with Crippen molar-refractivity contribution in [1.29, 1.82) is 0 Å². The molecule has 2 aromatic carbocycles. The Bertz CT molecular complexity index is 540. The van der Waals surface area contributed by atoms with Crippen LogP contribution < -0.4 is 4.74 Å². The largest absolute Gasteiger partial charge is 0.497 e. The second-order valence-corrected chi connectivity index (χ2v) is 5.54. The number of ether oxygens (including phenoxy) is 1. The first-order valence-corrected chi connectivity index (χ1v) is 7.02. The van der Waals surface area contributed by atoms with E-state index in [1.165, 1.54) is 0 Å². The first-order chi connectivity index (χ1) is 8.61. The first kappa shape index (κ1) is 13.7. The zero-order valence-electron chi connectivity index (χ0n) is 9.66. The van der Waals surface area contributed by atoms with E-state index in [2.05, 4.69) is 15.9 Å². The summed E-state index contributed by atoms with van der Waals surface area (Å²) in [6.07, 6.45) is 0. The van der Waals surface area contributed by atoms with Gasteiger partial charge in [-0.1, -0.05) is 57.3 Å². The van der Waals surface area contributed by atoms with Gasteiger partial charge >= 0.3 is 0 Å². The van der Waals surface area contributed by atoms with Gasteiger partial charge in [0.15, 0.2) is 0 Å². The molecule has 0 spiro atoms. The summed E-state index contributed by atoms with van der Waals surface area (Å²) >= 11 is 15.6. The van der Waals surface area contributed by atoms with E-state index in [0.29, 0.717) is 10.0 Å². The van der Waals surface area contributed by atoms with Crippen molar-refractivity contribution in [3.63, 3.8) is 0 Å². The van der Waals surface area contributed by atoms with Gasteiger partial charge in [-0.25, -0.2) is 0 Å². The van der Waals surface area contributed by atoms with E-state index in [1.807, 2.05) is 36.4 Å². The van der Waals surface area contributed by atoms with Crippen molar-refractivity contribution in [3.05, 3.63) is 63.6 Å². The molecule has 0 heterocycles. The zero-order chi connectivity index (χ0) is 13.1. The van der Waals surface area contributed by atoms with Gasteiger partial charge in [-0.2, -0.15) is 0 Å². The smallest absolute Gasteiger partial charge is 0.118 e. The van der Waals surface area contributed by atoms with Gasteiger partial charge in [0.05, 0.1) is 22.0 Å². The monoisotopic (exact) mass is 344 g/mol. The Balaban J connectivity index is 2.28. The third kappa shape index (κ3) is 3.00. The number of hydrogen-bond acceptors (Lipinski definition) is 1. The summed E-state index contributed by atoms with van der Waals surface area (Å²) in [5.41, 5.74) is 2.20. The maximum absolute atomic E-state index is 6.02. The van der Waals surface area contributed by atoms with Crippen molar-refractivity contribution >= 4 is 39.1 Å². The maximum Gasteiger partial charge on any atom is 0.118 e. The van der Waals surface area contributed by atoms with Crippen LogP contribution in [0.2, 0.25) is 10.0 Å². The summed E-state index contributed by atoms with van der Waals surface area (Å²) in [6, 6.07) is 13.5. The predicted molar refractivity (Wildman–Crippen MR) is 80.2 cm³/mol. The van der Waals surface area contributed by atoms with E-state index in [0.717, 1.165) is 16.9 Å². The number of benzene rings is 2. The van der Waals surface area contributed by atoms with Gasteiger partial charge in [0, 0.05) is 0 Å². The zero-order valence-corrected chi connectivity index (χ0v) is 12.8. The lowest BCUT2D eigenvalue weighted by Crippen LogP contribution is -1.93. The number of alkyl halides is 1. The second-order valence-electron chi connectivity index (χ2n) is 3.81. The minimum absolute atomic E-state index is 0.0816. The van der Waals surface area contributed by atoms with Gasteiger partial charge in [-0.3, -0.25) is 0 Å². The minimum Gasteiger partial charge on any atom is -0.497 e. The van der Waals surface area contributed by atoms with Crippen LogP contribution in [0.4, 0.5) is 0 Å². The first-order valence-electron chi connectivity index (χ1n) is 5.35. The lowest BCUT2D eigenvalue weighted by atomic mass is 10.0. The molecule has 0 bridgehead atoms. The Morgan fingerprint density at radius 2 is 1.56 bits per heavy atom. The fraction of sp³-hybridized carbons (Fsp3) is 0.143. The molecule has 18 heavy (non-hydrogen) atoms. The summed E-state index contributed by atoms with van der Waals surface area (Å²) in [7, 11) is 1.65. The molecule has 94 valence electrons. The van der Waals surface area contributed by atoms with E-state index in [4.69, 9.17) is 27.9 Å². The predicted octanol–water partition coefficient (Wildman–Crippen LogP) is 5.49. The molecule has 0 aromatic heterocycles. The van der Waals surface area contributed by atoms with Crippen molar-refractivity contribution in [1.82, 2.24) is 0 Å². The van der Waals surface area contributed by atoms with E-state index in [-0.39, 0.29) is 4.83 Å². The minimum atomic E-state index is 0.0816. The van der Waals surface area contributed by atoms with Crippen molar-refractivity contribution in [3.8, 4) is 5.75 Å². The quantitative estimate of drug-likeness (QED) is 0.668. The molecule has 0 saturated heterocycles. The van der Waals surface area contributed by atoms with E-state index < -0.39 is 0 Å². The highest BCUT2D eigenvalue weighted by Gasteiger charge is 2.11. The molecule has 0 saturated carbocycles. The fourth-order valence-corrected chi connectivity index (χ4v) is 2.53. The van der Waals surface area contributed by atoms with Crippen LogP contribution in [0.15, 0.2) is 42.5 Å². The van der Waals surface area contributed by atoms with Crippen LogP contribution in [0.3, 0.4) is 0 Å². The maximum atomic E-state index is 6.02. The molecular weight excluding hydrogens is 335 g/mol. The molecule has 2 rings (SSSR count). The molecule has 0 aliphatic rings. The summed E-state index contributed by atoms with van der Waals surface area (Å²) in [4.78, 5) is 0.0816. The molecule has 0 amide bonds. The Morgan fingerprint density at radius 1 is 0.944 bits per heavy atom. The van der Waals surface area contributed by atoms with Crippen LogP contribution in [0.25, 0.3) is 0 Å². The Labute approximate surface area is 125 Å². The Hall–Kier alpha value is -0.700. The standard InChI is InChI=1S/C14H11BrCl2O/c1-18-11-5-2-9(3-6-11)14(15)10-4-7-12(16)13(17)8-10/h2-8,14H,1H3. The molecule has 1 nitrogen and oxygen atoms in total. The average Bonchev–Trinajstić information content (AvgIpc) is 2.41. The van der Waals surface area contributed by atoms with Gasteiger partial charge in [0.1, 0.15) is 5.75 Å². The van der Waals surface area contributed by atoms with Gasteiger partial charge in [0.2, 0.25) is 0 Å². The van der Waals surface area contributed by atoms with Crippen LogP contribution in [0.1, 0.15) is 16.0 Å². The fourth-order valence-electron chi connectivity index (χ4n) is 1.64. The number of methoxy groups -OCH3 is 1. The Morgan fingerprint density at radius 3 is 2.11 bits per heavy atom. The van der Waals surface area contributed by atoms with Crippen molar-refractivity contribution in [2.45, 2.75) is 4.83 Å². The third-order valence-electron chi connectivity index (χ3n) is 2.64. The number of halogens is 3. The normalized spacial score (nSPS) is 12.2. The molecule has 1 atom stereocenters. The van der Waals surface area contributed by atoms with Gasteiger partial charge in [0.25, 0.3) is 0 Å². The van der Waals surface area contributed by atoms with Gasteiger partial charge < -0.3 is 4.74 Å². The molecule has 4 heteroatoms. The van der Waals surface area contributed by atoms with Crippen LogP contribution in [-0.2, 0) is 0 Å². The molecule has 0 aliphatic heterocycles. The van der Waals surface area contributed by atoms with Gasteiger partial charge in [-0.15, -0.1) is 0 Å². The molecule has 0 radical (unpaired) electrons. The van der Waals surface area contributed by atoms with Crippen LogP contribution in [-0.4, -0.2) is 7.11 Å². The van der Waals surface area contributed by atoms with Crippen molar-refractivity contribution < 1.29 is 4.74 Å². The van der Waals surface area contributed by atoms with Crippen molar-refractivity contribution in [2.24, 2.45) is 0 Å².